The van der Waals surface area contributed by atoms with Crippen LogP contribution in [-0.4, -0.2) is 33.2 Å². The van der Waals surface area contributed by atoms with Gasteiger partial charge in [0.15, 0.2) is 0 Å². The van der Waals surface area contributed by atoms with Gasteiger partial charge in [-0.25, -0.2) is 0 Å². The summed E-state index contributed by atoms with van der Waals surface area (Å²) in [6.45, 7) is 13.4. The molecule has 0 unspecified atom stereocenters. The van der Waals surface area contributed by atoms with E-state index >= 15 is 0 Å². The molecular formula is C15H25N3O. The highest BCUT2D eigenvalue weighted by Crippen LogP contribution is 2.30. The fraction of sp³-hybridized carbons (Fsp3) is 0.733. The van der Waals surface area contributed by atoms with Gasteiger partial charge in [0.05, 0.1) is 17.0 Å². The van der Waals surface area contributed by atoms with Gasteiger partial charge in [-0.05, 0) is 33.6 Å². The largest absolute Gasteiger partial charge is 0.336 e. The standard InChI is InChI=1S/C15H25N3O/c1-9(2)14-13-12(16-18(14)11(5)6)7-8-17(10(3)4)15(13)19/h9-11H,7-8H2,1-6H3. The van der Waals surface area contributed by atoms with Crippen LogP contribution in [-0.2, 0) is 6.42 Å². The van der Waals surface area contributed by atoms with Crippen LogP contribution in [0.3, 0.4) is 0 Å². The van der Waals surface area contributed by atoms with E-state index in [2.05, 4.69) is 46.6 Å². The number of fused-ring (bicyclic) bond motifs is 1. The highest BCUT2D eigenvalue weighted by atomic mass is 16.2. The van der Waals surface area contributed by atoms with E-state index in [1.165, 1.54) is 0 Å². The molecule has 4 nitrogen and oxygen atoms in total. The number of rotatable bonds is 3. The minimum atomic E-state index is 0.159. The molecule has 106 valence electrons. The summed E-state index contributed by atoms with van der Waals surface area (Å²) in [5.74, 6) is 0.474. The molecule has 0 atom stereocenters. The van der Waals surface area contributed by atoms with Crippen molar-refractivity contribution in [2.24, 2.45) is 0 Å². The number of hydrogen-bond acceptors (Lipinski definition) is 2. The Morgan fingerprint density at radius 1 is 1.05 bits per heavy atom. The van der Waals surface area contributed by atoms with E-state index in [-0.39, 0.29) is 11.9 Å². The molecule has 0 saturated heterocycles. The number of carbonyl (C=O) groups excluding carboxylic acids is 1. The first kappa shape index (κ1) is 14.1. The molecule has 19 heavy (non-hydrogen) atoms. The Kier molecular flexibility index (Phi) is 3.70. The maximum absolute atomic E-state index is 12.7. The molecule has 0 spiro atoms. The van der Waals surface area contributed by atoms with Crippen LogP contribution in [0.25, 0.3) is 0 Å². The van der Waals surface area contributed by atoms with E-state index in [0.29, 0.717) is 12.0 Å². The number of carbonyl (C=O) groups is 1. The van der Waals surface area contributed by atoms with Gasteiger partial charge in [0.2, 0.25) is 0 Å². The first-order valence-electron chi connectivity index (χ1n) is 7.26. The Bertz CT molecular complexity index is 486. The highest BCUT2D eigenvalue weighted by molar-refractivity contribution is 5.97. The minimum Gasteiger partial charge on any atom is -0.336 e. The van der Waals surface area contributed by atoms with Crippen LogP contribution >= 0.6 is 0 Å². The van der Waals surface area contributed by atoms with E-state index in [4.69, 9.17) is 0 Å². The summed E-state index contributed by atoms with van der Waals surface area (Å²) in [6.07, 6.45) is 0.874. The zero-order valence-corrected chi connectivity index (χ0v) is 12.9. The minimum absolute atomic E-state index is 0.159. The molecule has 0 aliphatic carbocycles. The molecule has 0 saturated carbocycles. The maximum Gasteiger partial charge on any atom is 0.257 e. The van der Waals surface area contributed by atoms with Crippen molar-refractivity contribution >= 4 is 5.91 Å². The second-order valence-corrected chi connectivity index (χ2v) is 6.24. The first-order chi connectivity index (χ1) is 8.84. The summed E-state index contributed by atoms with van der Waals surface area (Å²) in [6, 6.07) is 0.548. The van der Waals surface area contributed by atoms with E-state index in [0.717, 1.165) is 29.9 Å². The summed E-state index contributed by atoms with van der Waals surface area (Å²) < 4.78 is 2.04. The van der Waals surface area contributed by atoms with Crippen LogP contribution < -0.4 is 0 Å². The van der Waals surface area contributed by atoms with Gasteiger partial charge in [-0.3, -0.25) is 9.48 Å². The summed E-state index contributed by atoms with van der Waals surface area (Å²) >= 11 is 0. The molecule has 1 aliphatic rings. The van der Waals surface area contributed by atoms with Crippen LogP contribution in [0.5, 0.6) is 0 Å². The van der Waals surface area contributed by atoms with E-state index in [9.17, 15) is 4.79 Å². The van der Waals surface area contributed by atoms with Gasteiger partial charge in [-0.1, -0.05) is 13.8 Å². The molecule has 0 radical (unpaired) electrons. The molecule has 2 rings (SSSR count). The van der Waals surface area contributed by atoms with Gasteiger partial charge in [-0.15, -0.1) is 0 Å². The second kappa shape index (κ2) is 4.99. The maximum atomic E-state index is 12.7. The molecule has 0 aromatic carbocycles. The molecule has 1 aromatic heterocycles. The molecule has 0 N–H and O–H groups in total. The summed E-state index contributed by atoms with van der Waals surface area (Å²) in [7, 11) is 0. The molecule has 1 amide bonds. The van der Waals surface area contributed by atoms with Crippen molar-refractivity contribution in [3.05, 3.63) is 17.0 Å². The third kappa shape index (κ3) is 2.28. The lowest BCUT2D eigenvalue weighted by atomic mass is 9.97. The predicted molar refractivity (Wildman–Crippen MR) is 76.6 cm³/mol. The smallest absolute Gasteiger partial charge is 0.257 e. The fourth-order valence-electron chi connectivity index (χ4n) is 2.82. The monoisotopic (exact) mass is 263 g/mol. The van der Waals surface area contributed by atoms with E-state index < -0.39 is 0 Å². The molecule has 0 fully saturated rings. The molecule has 4 heteroatoms. The van der Waals surface area contributed by atoms with Gasteiger partial charge in [0.1, 0.15) is 0 Å². The van der Waals surface area contributed by atoms with Crippen LogP contribution in [0, 0.1) is 0 Å². The molecule has 0 bridgehead atoms. The van der Waals surface area contributed by atoms with Gasteiger partial charge < -0.3 is 4.90 Å². The molecular weight excluding hydrogens is 238 g/mol. The molecule has 1 aliphatic heterocycles. The van der Waals surface area contributed by atoms with Gasteiger partial charge in [0.25, 0.3) is 5.91 Å². The topological polar surface area (TPSA) is 38.1 Å². The predicted octanol–water partition coefficient (Wildman–Crippen LogP) is 2.99. The third-order valence-corrected chi connectivity index (χ3v) is 3.74. The SMILES string of the molecule is CC(C)c1c2c(nn1C(C)C)CCN(C(C)C)C2=O. The summed E-state index contributed by atoms with van der Waals surface area (Å²) in [5, 5.41) is 4.68. The average molecular weight is 263 g/mol. The lowest BCUT2D eigenvalue weighted by Gasteiger charge is -2.30. The van der Waals surface area contributed by atoms with Crippen molar-refractivity contribution in [1.29, 1.82) is 0 Å². The normalized spacial score (nSPS) is 15.8. The lowest BCUT2D eigenvalue weighted by Crippen LogP contribution is -2.42. The second-order valence-electron chi connectivity index (χ2n) is 6.24. The third-order valence-electron chi connectivity index (χ3n) is 3.74. The van der Waals surface area contributed by atoms with Crippen LogP contribution in [0.2, 0.25) is 0 Å². The van der Waals surface area contributed by atoms with Crippen molar-refractivity contribution in [1.82, 2.24) is 14.7 Å². The lowest BCUT2D eigenvalue weighted by molar-refractivity contribution is 0.0686. The van der Waals surface area contributed by atoms with Crippen molar-refractivity contribution < 1.29 is 4.79 Å². The van der Waals surface area contributed by atoms with Crippen LogP contribution in [0.1, 0.15) is 75.2 Å². The zero-order valence-electron chi connectivity index (χ0n) is 12.9. The number of hydrogen-bond donors (Lipinski definition) is 0. The Balaban J connectivity index is 2.56. The fourth-order valence-corrected chi connectivity index (χ4v) is 2.82. The molecule has 1 aromatic rings. The summed E-state index contributed by atoms with van der Waals surface area (Å²) in [4.78, 5) is 14.7. The molecule has 2 heterocycles. The number of nitrogens with zero attached hydrogens (tertiary/aromatic N) is 3. The highest BCUT2D eigenvalue weighted by Gasteiger charge is 2.33. The zero-order chi connectivity index (χ0) is 14.3. The Hall–Kier alpha value is -1.32. The number of amides is 1. The van der Waals surface area contributed by atoms with Gasteiger partial charge >= 0.3 is 0 Å². The van der Waals surface area contributed by atoms with Crippen LogP contribution in [0.4, 0.5) is 0 Å². The quantitative estimate of drug-likeness (QED) is 0.841. The number of aromatic nitrogens is 2. The van der Waals surface area contributed by atoms with E-state index in [1.54, 1.807) is 0 Å². The van der Waals surface area contributed by atoms with Crippen molar-refractivity contribution in [3.63, 3.8) is 0 Å². The Labute approximate surface area is 115 Å². The first-order valence-corrected chi connectivity index (χ1v) is 7.26. The van der Waals surface area contributed by atoms with Crippen molar-refractivity contribution in [2.75, 3.05) is 6.54 Å². The van der Waals surface area contributed by atoms with Crippen molar-refractivity contribution in [2.45, 2.75) is 66.0 Å². The average Bonchev–Trinajstić information content (AvgIpc) is 2.69. The van der Waals surface area contributed by atoms with E-state index in [1.807, 2.05) is 9.58 Å². The van der Waals surface area contributed by atoms with Gasteiger partial charge in [-0.2, -0.15) is 5.10 Å². The summed E-state index contributed by atoms with van der Waals surface area (Å²) in [5.41, 5.74) is 2.95. The van der Waals surface area contributed by atoms with Crippen LogP contribution in [0.15, 0.2) is 0 Å². The van der Waals surface area contributed by atoms with Crippen molar-refractivity contribution in [3.8, 4) is 0 Å². The van der Waals surface area contributed by atoms with Gasteiger partial charge in [0, 0.05) is 25.0 Å². The Morgan fingerprint density at radius 3 is 2.16 bits per heavy atom. The Morgan fingerprint density at radius 2 is 1.68 bits per heavy atom.